The summed E-state index contributed by atoms with van der Waals surface area (Å²) in [5, 5.41) is 4.49. The molecule has 8 nitrogen and oxygen atoms in total. The highest BCUT2D eigenvalue weighted by atomic mass is 16.2. The minimum absolute atomic E-state index is 0.187. The minimum atomic E-state index is -0.412. The molecule has 1 N–H and O–H groups in total. The first kappa shape index (κ1) is 17.8. The van der Waals surface area contributed by atoms with Gasteiger partial charge in [0.15, 0.2) is 11.6 Å². The van der Waals surface area contributed by atoms with E-state index < -0.39 is 5.56 Å². The summed E-state index contributed by atoms with van der Waals surface area (Å²) >= 11 is 0. The Morgan fingerprint density at radius 1 is 0.966 bits per heavy atom. The molecule has 1 aliphatic carbocycles. The monoisotopic (exact) mass is 391 g/mol. The first-order chi connectivity index (χ1) is 14.1. The van der Waals surface area contributed by atoms with Crippen molar-refractivity contribution in [2.24, 2.45) is 11.8 Å². The van der Waals surface area contributed by atoms with Crippen LogP contribution in [0.1, 0.15) is 37.1 Å². The topological polar surface area (TPSA) is 100 Å². The summed E-state index contributed by atoms with van der Waals surface area (Å²) in [7, 11) is 0. The average molecular weight is 391 g/mol. The number of hydrogen-bond acceptors (Lipinski definition) is 5. The van der Waals surface area contributed by atoms with Crippen molar-refractivity contribution in [3.05, 3.63) is 58.1 Å². The smallest absolute Gasteiger partial charge is 0.254 e. The number of anilines is 1. The van der Waals surface area contributed by atoms with E-state index in [4.69, 9.17) is 0 Å². The Hall–Kier alpha value is -3.29. The number of rotatable bonds is 4. The Kier molecular flexibility index (Phi) is 4.26. The number of imide groups is 1. The predicted octanol–water partition coefficient (Wildman–Crippen LogP) is 1.88. The van der Waals surface area contributed by atoms with Crippen molar-refractivity contribution in [2.45, 2.75) is 38.5 Å². The van der Waals surface area contributed by atoms with Gasteiger partial charge < -0.3 is 0 Å². The fourth-order valence-corrected chi connectivity index (χ4v) is 4.47. The number of aromatic amines is 1. The molecule has 2 fully saturated rings. The minimum Gasteiger partial charge on any atom is -0.291 e. The molecule has 1 aliphatic heterocycles. The third-order valence-electron chi connectivity index (χ3n) is 5.91. The van der Waals surface area contributed by atoms with Crippen molar-refractivity contribution in [1.29, 1.82) is 0 Å². The molecule has 1 aromatic carbocycles. The maximum absolute atomic E-state index is 13.0. The molecule has 1 saturated heterocycles. The summed E-state index contributed by atoms with van der Waals surface area (Å²) < 4.78 is 1.41. The van der Waals surface area contributed by atoms with Gasteiger partial charge in [-0.15, -0.1) is 5.10 Å². The highest BCUT2D eigenvalue weighted by molar-refractivity contribution is 6.21. The number of nitrogens with one attached hydrogen (secondary N) is 1. The SMILES string of the molecule is O=C1[C@H]2CCCC[C@@H]2C(=O)N1c1cc(=O)[nH]c2nc(CCc3ccccc3)nn12. The van der Waals surface area contributed by atoms with Crippen LogP contribution in [0.25, 0.3) is 5.78 Å². The van der Waals surface area contributed by atoms with Crippen molar-refractivity contribution >= 4 is 23.4 Å². The van der Waals surface area contributed by atoms with Crippen LogP contribution in [0.2, 0.25) is 0 Å². The van der Waals surface area contributed by atoms with Gasteiger partial charge in [-0.3, -0.25) is 19.4 Å². The largest absolute Gasteiger partial charge is 0.291 e. The highest BCUT2D eigenvalue weighted by Crippen LogP contribution is 2.39. The fraction of sp³-hybridized carbons (Fsp3) is 0.381. The normalized spacial score (nSPS) is 21.7. The van der Waals surface area contributed by atoms with Gasteiger partial charge in [0.25, 0.3) is 5.56 Å². The van der Waals surface area contributed by atoms with Crippen molar-refractivity contribution in [1.82, 2.24) is 19.6 Å². The molecule has 0 bridgehead atoms. The molecule has 3 aromatic rings. The van der Waals surface area contributed by atoms with Crippen LogP contribution in [0.15, 0.2) is 41.2 Å². The number of hydrogen-bond donors (Lipinski definition) is 1. The zero-order chi connectivity index (χ0) is 20.0. The van der Waals surface area contributed by atoms with E-state index in [-0.39, 0.29) is 35.2 Å². The van der Waals surface area contributed by atoms with Crippen molar-refractivity contribution < 1.29 is 9.59 Å². The lowest BCUT2D eigenvalue weighted by Gasteiger charge is -2.19. The number of carbonyl (C=O) groups excluding carboxylic acids is 2. The van der Waals surface area contributed by atoms with E-state index in [1.165, 1.54) is 10.6 Å². The zero-order valence-electron chi connectivity index (χ0n) is 15.9. The van der Waals surface area contributed by atoms with Crippen LogP contribution in [0.4, 0.5) is 5.82 Å². The van der Waals surface area contributed by atoms with Crippen molar-refractivity contribution in [3.63, 3.8) is 0 Å². The molecule has 2 aromatic heterocycles. The molecule has 1 saturated carbocycles. The van der Waals surface area contributed by atoms with Crippen LogP contribution in [0.3, 0.4) is 0 Å². The molecule has 148 valence electrons. The lowest BCUT2D eigenvalue weighted by Crippen LogP contribution is -2.34. The quantitative estimate of drug-likeness (QED) is 0.685. The molecular formula is C21H21N5O3. The molecule has 8 heteroatoms. The third kappa shape index (κ3) is 3.04. The number of carbonyl (C=O) groups is 2. The van der Waals surface area contributed by atoms with E-state index in [0.717, 1.165) is 42.6 Å². The summed E-state index contributed by atoms with van der Waals surface area (Å²) in [5.74, 6) is -0.0506. The number of fused-ring (bicyclic) bond motifs is 2. The van der Waals surface area contributed by atoms with E-state index in [9.17, 15) is 14.4 Å². The second-order valence-electron chi connectivity index (χ2n) is 7.75. The van der Waals surface area contributed by atoms with Crippen LogP contribution >= 0.6 is 0 Å². The molecule has 0 radical (unpaired) electrons. The van der Waals surface area contributed by atoms with Gasteiger partial charge in [0.1, 0.15) is 0 Å². The molecule has 29 heavy (non-hydrogen) atoms. The lowest BCUT2D eigenvalue weighted by atomic mass is 9.81. The molecule has 2 aliphatic rings. The Balaban J connectivity index is 1.51. The summed E-state index contributed by atoms with van der Waals surface area (Å²) in [6.07, 6.45) is 4.68. The second kappa shape index (κ2) is 6.95. The van der Waals surface area contributed by atoms with Crippen molar-refractivity contribution in [2.75, 3.05) is 4.90 Å². The van der Waals surface area contributed by atoms with Gasteiger partial charge in [-0.25, -0.2) is 4.90 Å². The van der Waals surface area contributed by atoms with Gasteiger partial charge >= 0.3 is 0 Å². The van der Waals surface area contributed by atoms with Gasteiger partial charge in [-0.2, -0.15) is 9.50 Å². The van der Waals surface area contributed by atoms with E-state index in [1.807, 2.05) is 30.3 Å². The van der Waals surface area contributed by atoms with Crippen molar-refractivity contribution in [3.8, 4) is 0 Å². The summed E-state index contributed by atoms with van der Waals surface area (Å²) in [5.41, 5.74) is 0.749. The van der Waals surface area contributed by atoms with Gasteiger partial charge in [-0.05, 0) is 24.8 Å². The van der Waals surface area contributed by atoms with Gasteiger partial charge in [0.05, 0.1) is 11.8 Å². The van der Waals surface area contributed by atoms with Gasteiger partial charge in [-0.1, -0.05) is 43.2 Å². The maximum Gasteiger partial charge on any atom is 0.254 e. The number of benzene rings is 1. The number of H-pyrrole nitrogens is 1. The number of nitrogens with zero attached hydrogens (tertiary/aromatic N) is 4. The molecule has 2 amide bonds. The Morgan fingerprint density at radius 2 is 1.66 bits per heavy atom. The molecule has 5 rings (SSSR count). The fourth-order valence-electron chi connectivity index (χ4n) is 4.47. The maximum atomic E-state index is 13.0. The summed E-state index contributed by atoms with van der Waals surface area (Å²) in [6.45, 7) is 0. The van der Waals surface area contributed by atoms with Crippen LogP contribution in [-0.4, -0.2) is 31.4 Å². The average Bonchev–Trinajstić information content (AvgIpc) is 3.26. The van der Waals surface area contributed by atoms with E-state index >= 15 is 0 Å². The molecule has 0 spiro atoms. The van der Waals surface area contributed by atoms with Crippen LogP contribution in [-0.2, 0) is 22.4 Å². The molecular weight excluding hydrogens is 370 g/mol. The molecule has 2 atom stereocenters. The standard InChI is InChI=1S/C21H21N5O3/c27-17-12-18(25-19(28)14-8-4-5-9-15(14)20(25)29)26-21(23-17)22-16(24-26)11-10-13-6-2-1-3-7-13/h1-3,6-7,12,14-15H,4-5,8-11H2,(H,22,23,24,27)/t14-,15-/m0/s1. The molecule has 0 unspecified atom stereocenters. The second-order valence-corrected chi connectivity index (χ2v) is 7.75. The van der Waals surface area contributed by atoms with Crippen LogP contribution in [0, 0.1) is 11.8 Å². The Labute approximate surface area is 166 Å². The number of aromatic nitrogens is 4. The third-order valence-corrected chi connectivity index (χ3v) is 5.91. The Morgan fingerprint density at radius 3 is 2.34 bits per heavy atom. The zero-order valence-corrected chi connectivity index (χ0v) is 15.9. The predicted molar refractivity (Wildman–Crippen MR) is 105 cm³/mol. The van der Waals surface area contributed by atoms with E-state index in [2.05, 4.69) is 15.1 Å². The summed E-state index contributed by atoms with van der Waals surface area (Å²) in [4.78, 5) is 46.3. The lowest BCUT2D eigenvalue weighted by molar-refractivity contribution is -0.122. The Bertz CT molecular complexity index is 1130. The van der Waals surface area contributed by atoms with E-state index in [1.54, 1.807) is 0 Å². The first-order valence-electron chi connectivity index (χ1n) is 10.0. The van der Waals surface area contributed by atoms with Crippen LogP contribution < -0.4 is 10.5 Å². The van der Waals surface area contributed by atoms with Gasteiger partial charge in [0, 0.05) is 12.5 Å². The van der Waals surface area contributed by atoms with Crippen LogP contribution in [0.5, 0.6) is 0 Å². The summed E-state index contributed by atoms with van der Waals surface area (Å²) in [6, 6.07) is 11.2. The van der Waals surface area contributed by atoms with Gasteiger partial charge in [0.2, 0.25) is 17.6 Å². The number of amides is 2. The number of aryl methyl sites for hydroxylation is 2. The van der Waals surface area contributed by atoms with E-state index in [0.29, 0.717) is 12.2 Å². The first-order valence-corrected chi connectivity index (χ1v) is 10.0. The highest BCUT2D eigenvalue weighted by Gasteiger charge is 2.49. The molecule has 3 heterocycles.